The largest absolute Gasteiger partial charge is 0.376 e. The summed E-state index contributed by atoms with van der Waals surface area (Å²) in [5.74, 6) is 2.88. The van der Waals surface area contributed by atoms with E-state index in [-0.39, 0.29) is 0 Å². The van der Waals surface area contributed by atoms with Gasteiger partial charge in [-0.1, -0.05) is 5.92 Å². The van der Waals surface area contributed by atoms with Gasteiger partial charge in [-0.05, 0) is 25.9 Å². The summed E-state index contributed by atoms with van der Waals surface area (Å²) >= 11 is 0. The summed E-state index contributed by atoms with van der Waals surface area (Å²) in [5, 5.41) is 9.89. The molecule has 0 aromatic heterocycles. The van der Waals surface area contributed by atoms with E-state index >= 15 is 0 Å². The van der Waals surface area contributed by atoms with Gasteiger partial charge in [-0.3, -0.25) is 4.90 Å². The first-order valence-electron chi connectivity index (χ1n) is 4.17. The first-order valence-corrected chi connectivity index (χ1v) is 4.17. The molecule has 0 aliphatic carbocycles. The molecule has 1 atom stereocenters. The summed E-state index contributed by atoms with van der Waals surface area (Å²) in [6.07, 6.45) is 7.44. The van der Waals surface area contributed by atoms with Crippen LogP contribution >= 0.6 is 0 Å². The lowest BCUT2D eigenvalue weighted by Gasteiger charge is -2.47. The van der Waals surface area contributed by atoms with Crippen molar-refractivity contribution in [3.8, 4) is 12.3 Å². The van der Waals surface area contributed by atoms with Gasteiger partial charge in [0.25, 0.3) is 0 Å². The smallest absolute Gasteiger partial charge is 0.140 e. The van der Waals surface area contributed by atoms with Crippen molar-refractivity contribution in [2.24, 2.45) is 5.92 Å². The summed E-state index contributed by atoms with van der Waals surface area (Å²) in [6, 6.07) is 0. The van der Waals surface area contributed by atoms with E-state index in [1.165, 1.54) is 0 Å². The Bertz CT molecular complexity index is 200. The molecular formula is C9H13NO. The molecule has 0 radical (unpaired) electrons. The highest BCUT2D eigenvalue weighted by Gasteiger charge is 2.43. The second kappa shape index (κ2) is 2.23. The van der Waals surface area contributed by atoms with Gasteiger partial charge in [-0.15, -0.1) is 6.42 Å². The minimum absolute atomic E-state index is 0.359. The zero-order valence-corrected chi connectivity index (χ0v) is 6.58. The molecule has 0 aromatic carbocycles. The van der Waals surface area contributed by atoms with Crippen molar-refractivity contribution in [1.82, 2.24) is 4.90 Å². The summed E-state index contributed by atoms with van der Waals surface area (Å²) in [4.78, 5) is 2.25. The summed E-state index contributed by atoms with van der Waals surface area (Å²) in [7, 11) is 0. The lowest BCUT2D eigenvalue weighted by atomic mass is 9.76. The number of piperidine rings is 3. The SMILES string of the molecule is C#CC1(O)CN2CCC1CC2. The second-order valence-electron chi connectivity index (χ2n) is 3.62. The molecule has 2 bridgehead atoms. The number of terminal acetylenes is 1. The molecule has 3 rings (SSSR count). The first kappa shape index (κ1) is 7.15. The van der Waals surface area contributed by atoms with Gasteiger partial charge < -0.3 is 5.11 Å². The molecule has 2 heteroatoms. The van der Waals surface area contributed by atoms with Crippen LogP contribution in [0.4, 0.5) is 0 Å². The predicted molar refractivity (Wildman–Crippen MR) is 42.9 cm³/mol. The Labute approximate surface area is 67.2 Å². The number of fused-ring (bicyclic) bond motifs is 3. The van der Waals surface area contributed by atoms with Crippen molar-refractivity contribution < 1.29 is 5.11 Å². The highest BCUT2D eigenvalue weighted by Crippen LogP contribution is 2.34. The Balaban J connectivity index is 2.21. The topological polar surface area (TPSA) is 23.5 Å². The fourth-order valence-electron chi connectivity index (χ4n) is 2.20. The molecule has 11 heavy (non-hydrogen) atoms. The maximum absolute atomic E-state index is 9.89. The highest BCUT2D eigenvalue weighted by molar-refractivity contribution is 5.15. The van der Waals surface area contributed by atoms with Crippen molar-refractivity contribution in [3.05, 3.63) is 0 Å². The molecule has 60 valence electrons. The lowest BCUT2D eigenvalue weighted by molar-refractivity contribution is -0.0712. The number of aliphatic hydroxyl groups is 1. The van der Waals surface area contributed by atoms with Crippen LogP contribution in [0.3, 0.4) is 0 Å². The third kappa shape index (κ3) is 0.962. The van der Waals surface area contributed by atoms with E-state index < -0.39 is 5.60 Å². The first-order chi connectivity index (χ1) is 5.24. The Hall–Kier alpha value is -0.520. The van der Waals surface area contributed by atoms with Crippen LogP contribution < -0.4 is 0 Å². The molecular weight excluding hydrogens is 138 g/mol. The molecule has 3 fully saturated rings. The van der Waals surface area contributed by atoms with Gasteiger partial charge in [-0.25, -0.2) is 0 Å². The van der Waals surface area contributed by atoms with Gasteiger partial charge in [0.15, 0.2) is 0 Å². The lowest BCUT2D eigenvalue weighted by Crippen LogP contribution is -2.58. The van der Waals surface area contributed by atoms with Crippen molar-refractivity contribution in [2.45, 2.75) is 18.4 Å². The number of hydrogen-bond donors (Lipinski definition) is 1. The Morgan fingerprint density at radius 3 is 2.36 bits per heavy atom. The van der Waals surface area contributed by atoms with Crippen LogP contribution in [0.25, 0.3) is 0 Å². The second-order valence-corrected chi connectivity index (χ2v) is 3.62. The minimum Gasteiger partial charge on any atom is -0.376 e. The minimum atomic E-state index is -0.809. The third-order valence-corrected chi connectivity index (χ3v) is 2.98. The zero-order chi connectivity index (χ0) is 7.90. The van der Waals surface area contributed by atoms with Crippen LogP contribution in [0, 0.1) is 18.3 Å². The molecule has 0 aromatic rings. The van der Waals surface area contributed by atoms with Crippen molar-refractivity contribution >= 4 is 0 Å². The number of hydrogen-bond acceptors (Lipinski definition) is 2. The van der Waals surface area contributed by atoms with Gasteiger partial charge in [-0.2, -0.15) is 0 Å². The highest BCUT2D eigenvalue weighted by atomic mass is 16.3. The maximum Gasteiger partial charge on any atom is 0.140 e. The van der Waals surface area contributed by atoms with Crippen LogP contribution in [-0.4, -0.2) is 35.2 Å². The molecule has 3 aliphatic rings. The predicted octanol–water partition coefficient (Wildman–Crippen LogP) is 0.0763. The average Bonchev–Trinajstić information content (AvgIpc) is 2.06. The number of rotatable bonds is 0. The molecule has 1 N–H and O–H groups in total. The Morgan fingerprint density at radius 2 is 2.09 bits per heavy atom. The fraction of sp³-hybridized carbons (Fsp3) is 0.778. The van der Waals surface area contributed by atoms with Crippen LogP contribution in [0.1, 0.15) is 12.8 Å². The third-order valence-electron chi connectivity index (χ3n) is 2.98. The quantitative estimate of drug-likeness (QED) is 0.495. The average molecular weight is 151 g/mol. The van der Waals surface area contributed by atoms with Crippen molar-refractivity contribution in [1.29, 1.82) is 0 Å². The maximum atomic E-state index is 9.89. The van der Waals surface area contributed by atoms with Gasteiger partial charge in [0, 0.05) is 12.5 Å². The van der Waals surface area contributed by atoms with E-state index in [9.17, 15) is 5.11 Å². The van der Waals surface area contributed by atoms with Crippen molar-refractivity contribution in [2.75, 3.05) is 19.6 Å². The van der Waals surface area contributed by atoms with Gasteiger partial charge in [0.1, 0.15) is 5.60 Å². The van der Waals surface area contributed by atoms with Gasteiger partial charge in [0.05, 0.1) is 0 Å². The summed E-state index contributed by atoms with van der Waals surface area (Å²) < 4.78 is 0. The van der Waals surface area contributed by atoms with Gasteiger partial charge >= 0.3 is 0 Å². The Kier molecular flexibility index (Phi) is 1.45. The normalized spacial score (nSPS) is 48.7. The van der Waals surface area contributed by atoms with Crippen LogP contribution in [0.2, 0.25) is 0 Å². The fourth-order valence-corrected chi connectivity index (χ4v) is 2.20. The summed E-state index contributed by atoms with van der Waals surface area (Å²) in [5.41, 5.74) is -0.809. The van der Waals surface area contributed by atoms with Crippen LogP contribution in [0.5, 0.6) is 0 Å². The van der Waals surface area contributed by atoms with Crippen LogP contribution in [-0.2, 0) is 0 Å². The van der Waals surface area contributed by atoms with E-state index in [2.05, 4.69) is 10.8 Å². The molecule has 2 nitrogen and oxygen atoms in total. The molecule has 3 aliphatic heterocycles. The van der Waals surface area contributed by atoms with E-state index in [1.54, 1.807) is 0 Å². The molecule has 3 heterocycles. The van der Waals surface area contributed by atoms with Crippen LogP contribution in [0.15, 0.2) is 0 Å². The van der Waals surface area contributed by atoms with E-state index in [1.807, 2.05) is 0 Å². The standard InChI is InChI=1S/C9H13NO/c1-2-9(11)7-10-5-3-8(9)4-6-10/h1,8,11H,3-7H2. The molecule has 0 amide bonds. The molecule has 3 saturated heterocycles. The van der Waals surface area contributed by atoms with Crippen molar-refractivity contribution in [3.63, 3.8) is 0 Å². The number of nitrogens with zero attached hydrogens (tertiary/aromatic N) is 1. The molecule has 0 saturated carbocycles. The Morgan fingerprint density at radius 1 is 1.45 bits per heavy atom. The molecule has 0 spiro atoms. The molecule has 1 unspecified atom stereocenters. The summed E-state index contributed by atoms with van der Waals surface area (Å²) in [6.45, 7) is 2.93. The monoisotopic (exact) mass is 151 g/mol. The van der Waals surface area contributed by atoms with Gasteiger partial charge in [0.2, 0.25) is 0 Å². The van der Waals surface area contributed by atoms with E-state index in [4.69, 9.17) is 6.42 Å². The van der Waals surface area contributed by atoms with E-state index in [0.29, 0.717) is 12.5 Å². The van der Waals surface area contributed by atoms with E-state index in [0.717, 1.165) is 25.9 Å². The zero-order valence-electron chi connectivity index (χ0n) is 6.58.